The number of nitrogens with zero attached hydrogens (tertiary/aromatic N) is 1. The highest BCUT2D eigenvalue weighted by molar-refractivity contribution is 6.30. The maximum Gasteiger partial charge on any atom is 0.253 e. The Morgan fingerprint density at radius 1 is 1.04 bits per heavy atom. The number of likely N-dealkylation sites (tertiary alicyclic amines) is 1. The molecule has 0 bridgehead atoms. The van der Waals surface area contributed by atoms with Crippen LogP contribution in [-0.4, -0.2) is 36.8 Å². The molecule has 2 aromatic carbocycles. The summed E-state index contributed by atoms with van der Waals surface area (Å²) in [5, 5.41) is 0.551. The van der Waals surface area contributed by atoms with Crippen LogP contribution >= 0.6 is 11.6 Å². The molecule has 1 amide bonds. The van der Waals surface area contributed by atoms with Gasteiger partial charge in [0.15, 0.2) is 5.78 Å². The Hall–Kier alpha value is -2.33. The summed E-state index contributed by atoms with van der Waals surface area (Å²) >= 11 is 5.96. The van der Waals surface area contributed by atoms with Gasteiger partial charge in [-0.15, -0.1) is 0 Å². The van der Waals surface area contributed by atoms with E-state index in [0.29, 0.717) is 42.1 Å². The fourth-order valence-corrected chi connectivity index (χ4v) is 3.33. The van der Waals surface area contributed by atoms with Gasteiger partial charge in [0.25, 0.3) is 5.91 Å². The number of Topliss-reactive ketones (excluding diaryl/α,β-unsaturated/α-hetero) is 1. The fraction of sp³-hybridized carbons (Fsp3) is 0.300. The quantitative estimate of drug-likeness (QED) is 0.774. The molecule has 0 aliphatic carbocycles. The maximum atomic E-state index is 12.6. The molecule has 25 heavy (non-hydrogen) atoms. The predicted octanol–water partition coefficient (Wildman–Crippen LogP) is 4.08. The van der Waals surface area contributed by atoms with Gasteiger partial charge in [-0.2, -0.15) is 0 Å². The molecule has 0 N–H and O–H groups in total. The highest BCUT2D eigenvalue weighted by atomic mass is 35.5. The summed E-state index contributed by atoms with van der Waals surface area (Å²) in [4.78, 5) is 27.0. The first-order valence-corrected chi connectivity index (χ1v) is 8.69. The van der Waals surface area contributed by atoms with Crippen LogP contribution in [0.15, 0.2) is 48.5 Å². The monoisotopic (exact) mass is 357 g/mol. The second-order valence-corrected chi connectivity index (χ2v) is 6.61. The summed E-state index contributed by atoms with van der Waals surface area (Å²) < 4.78 is 5.12. The SMILES string of the molecule is COc1ccc(C(=O)C2CCN(C(=O)c3cccc(Cl)c3)CC2)cc1. The van der Waals surface area contributed by atoms with Gasteiger partial charge in [0, 0.05) is 35.2 Å². The lowest BCUT2D eigenvalue weighted by molar-refractivity contribution is 0.0650. The van der Waals surface area contributed by atoms with Crippen LogP contribution in [-0.2, 0) is 0 Å². The van der Waals surface area contributed by atoms with Gasteiger partial charge >= 0.3 is 0 Å². The summed E-state index contributed by atoms with van der Waals surface area (Å²) in [6, 6.07) is 14.2. The number of rotatable bonds is 4. The Morgan fingerprint density at radius 2 is 1.72 bits per heavy atom. The van der Waals surface area contributed by atoms with Crippen LogP contribution < -0.4 is 4.74 Å². The number of ether oxygens (including phenoxy) is 1. The third kappa shape index (κ3) is 4.02. The normalized spacial score (nSPS) is 15.0. The molecule has 1 heterocycles. The molecule has 2 aromatic rings. The molecule has 5 heteroatoms. The lowest BCUT2D eigenvalue weighted by Crippen LogP contribution is -2.40. The van der Waals surface area contributed by atoms with Gasteiger partial charge < -0.3 is 9.64 Å². The topological polar surface area (TPSA) is 46.6 Å². The van der Waals surface area contributed by atoms with E-state index in [1.165, 1.54) is 0 Å². The minimum absolute atomic E-state index is 0.0298. The van der Waals surface area contributed by atoms with Crippen LogP contribution in [0.4, 0.5) is 0 Å². The highest BCUT2D eigenvalue weighted by Crippen LogP contribution is 2.24. The predicted molar refractivity (Wildman–Crippen MR) is 97.4 cm³/mol. The van der Waals surface area contributed by atoms with Gasteiger partial charge in [-0.05, 0) is 55.3 Å². The van der Waals surface area contributed by atoms with Crippen LogP contribution in [0.5, 0.6) is 5.75 Å². The molecule has 0 unspecified atom stereocenters. The van der Waals surface area contributed by atoms with Crippen molar-refractivity contribution in [2.75, 3.05) is 20.2 Å². The molecule has 0 saturated carbocycles. The molecule has 3 rings (SSSR count). The molecule has 0 atom stereocenters. The lowest BCUT2D eigenvalue weighted by atomic mass is 9.88. The molecular formula is C20H20ClNO3. The largest absolute Gasteiger partial charge is 0.497 e. The van der Waals surface area contributed by atoms with Gasteiger partial charge in [0.1, 0.15) is 5.75 Å². The van der Waals surface area contributed by atoms with Crippen molar-refractivity contribution in [3.8, 4) is 5.75 Å². The van der Waals surface area contributed by atoms with Crippen LogP contribution in [0.3, 0.4) is 0 Å². The first kappa shape index (κ1) is 17.5. The molecule has 1 saturated heterocycles. The second kappa shape index (κ2) is 7.70. The van der Waals surface area contributed by atoms with Crippen molar-refractivity contribution in [3.63, 3.8) is 0 Å². The van der Waals surface area contributed by atoms with E-state index in [1.54, 1.807) is 60.5 Å². The minimum atomic E-state index is -0.0446. The van der Waals surface area contributed by atoms with Crippen molar-refractivity contribution in [1.29, 1.82) is 0 Å². The summed E-state index contributed by atoms with van der Waals surface area (Å²) in [5.74, 6) is 0.797. The Labute approximate surface area is 152 Å². The number of piperidine rings is 1. The van der Waals surface area contributed by atoms with Gasteiger partial charge in [-0.3, -0.25) is 9.59 Å². The molecular weight excluding hydrogens is 338 g/mol. The van der Waals surface area contributed by atoms with Crippen molar-refractivity contribution in [1.82, 2.24) is 4.90 Å². The van der Waals surface area contributed by atoms with Crippen molar-refractivity contribution >= 4 is 23.3 Å². The molecule has 0 spiro atoms. The number of methoxy groups -OCH3 is 1. The van der Waals surface area contributed by atoms with E-state index in [2.05, 4.69) is 0 Å². The van der Waals surface area contributed by atoms with Crippen LogP contribution in [0.1, 0.15) is 33.6 Å². The number of hydrogen-bond acceptors (Lipinski definition) is 3. The molecule has 1 aliphatic rings. The number of benzene rings is 2. The lowest BCUT2D eigenvalue weighted by Gasteiger charge is -2.31. The molecule has 1 aliphatic heterocycles. The zero-order valence-corrected chi connectivity index (χ0v) is 14.8. The van der Waals surface area contributed by atoms with E-state index in [0.717, 1.165) is 5.75 Å². The number of carbonyl (C=O) groups excluding carboxylic acids is 2. The highest BCUT2D eigenvalue weighted by Gasteiger charge is 2.28. The molecule has 4 nitrogen and oxygen atoms in total. The van der Waals surface area contributed by atoms with Gasteiger partial charge in [0.2, 0.25) is 0 Å². The van der Waals surface area contributed by atoms with Crippen LogP contribution in [0, 0.1) is 5.92 Å². The number of ketones is 1. The first-order chi connectivity index (χ1) is 12.1. The number of halogens is 1. The smallest absolute Gasteiger partial charge is 0.253 e. The number of hydrogen-bond donors (Lipinski definition) is 0. The molecule has 1 fully saturated rings. The number of amides is 1. The van der Waals surface area contributed by atoms with Gasteiger partial charge in [0.05, 0.1) is 7.11 Å². The Morgan fingerprint density at radius 3 is 2.32 bits per heavy atom. The summed E-state index contributed by atoms with van der Waals surface area (Å²) in [7, 11) is 1.60. The summed E-state index contributed by atoms with van der Waals surface area (Å²) in [5.41, 5.74) is 1.29. The van der Waals surface area contributed by atoms with Crippen molar-refractivity contribution in [2.45, 2.75) is 12.8 Å². The molecule has 130 valence electrons. The fourth-order valence-electron chi connectivity index (χ4n) is 3.14. The Balaban J connectivity index is 1.61. The van der Waals surface area contributed by atoms with Gasteiger partial charge in [-0.1, -0.05) is 17.7 Å². The first-order valence-electron chi connectivity index (χ1n) is 8.31. The summed E-state index contributed by atoms with van der Waals surface area (Å²) in [6.07, 6.45) is 1.36. The van der Waals surface area contributed by atoms with Crippen molar-refractivity contribution < 1.29 is 14.3 Å². The average molecular weight is 358 g/mol. The zero-order valence-electron chi connectivity index (χ0n) is 14.1. The van der Waals surface area contributed by atoms with Crippen molar-refractivity contribution in [3.05, 3.63) is 64.7 Å². The molecule has 0 aromatic heterocycles. The second-order valence-electron chi connectivity index (χ2n) is 6.17. The standard InChI is InChI=1S/C20H20ClNO3/c1-25-18-7-5-14(6-8-18)19(23)15-9-11-22(12-10-15)20(24)16-3-2-4-17(21)13-16/h2-8,13,15H,9-12H2,1H3. The van der Waals surface area contributed by atoms with E-state index >= 15 is 0 Å². The van der Waals surface area contributed by atoms with E-state index in [-0.39, 0.29) is 17.6 Å². The zero-order chi connectivity index (χ0) is 17.8. The van der Waals surface area contributed by atoms with E-state index in [4.69, 9.17) is 16.3 Å². The van der Waals surface area contributed by atoms with E-state index in [9.17, 15) is 9.59 Å². The Bertz CT molecular complexity index is 765. The third-order valence-electron chi connectivity index (χ3n) is 4.60. The molecule has 0 radical (unpaired) electrons. The average Bonchev–Trinajstić information content (AvgIpc) is 2.67. The Kier molecular flexibility index (Phi) is 5.39. The minimum Gasteiger partial charge on any atom is -0.497 e. The third-order valence-corrected chi connectivity index (χ3v) is 4.83. The van der Waals surface area contributed by atoms with Crippen LogP contribution in [0.2, 0.25) is 5.02 Å². The maximum absolute atomic E-state index is 12.6. The number of carbonyl (C=O) groups is 2. The van der Waals surface area contributed by atoms with Crippen molar-refractivity contribution in [2.24, 2.45) is 5.92 Å². The van der Waals surface area contributed by atoms with E-state index < -0.39 is 0 Å². The van der Waals surface area contributed by atoms with E-state index in [1.807, 2.05) is 0 Å². The summed E-state index contributed by atoms with van der Waals surface area (Å²) in [6.45, 7) is 1.16. The van der Waals surface area contributed by atoms with Crippen LogP contribution in [0.25, 0.3) is 0 Å². The van der Waals surface area contributed by atoms with Gasteiger partial charge in [-0.25, -0.2) is 0 Å².